The molecule has 3 aromatic rings. The smallest absolute Gasteiger partial charge is 0.374 e. The van der Waals surface area contributed by atoms with Gasteiger partial charge < -0.3 is 9.74 Å². The Kier molecular flexibility index (Phi) is 5.42. The van der Waals surface area contributed by atoms with Gasteiger partial charge in [-0.2, -0.15) is 13.2 Å². The van der Waals surface area contributed by atoms with Crippen molar-refractivity contribution in [2.24, 2.45) is 5.16 Å². The molecule has 0 aromatic heterocycles. The maximum absolute atomic E-state index is 14.2. The molecule has 7 heteroatoms. The van der Waals surface area contributed by atoms with Crippen molar-refractivity contribution in [1.29, 1.82) is 0 Å². The summed E-state index contributed by atoms with van der Waals surface area (Å²) < 4.78 is 42.5. The topological polar surface area (TPSA) is 41.9 Å². The van der Waals surface area contributed by atoms with Crippen molar-refractivity contribution in [2.75, 3.05) is 11.4 Å². The summed E-state index contributed by atoms with van der Waals surface area (Å²) >= 11 is 0. The van der Waals surface area contributed by atoms with Crippen LogP contribution >= 0.6 is 0 Å². The highest BCUT2D eigenvalue weighted by Gasteiger charge is 2.62. The molecule has 5 rings (SSSR count). The largest absolute Gasteiger partial charge is 0.435 e. The van der Waals surface area contributed by atoms with Crippen LogP contribution in [0, 0.1) is 6.92 Å². The van der Waals surface area contributed by atoms with Gasteiger partial charge in [-0.05, 0) is 49.1 Å². The average Bonchev–Trinajstić information content (AvgIpc) is 3.31. The molecule has 2 aliphatic heterocycles. The fraction of sp³-hybridized carbons (Fsp3) is 0.259. The van der Waals surface area contributed by atoms with E-state index in [2.05, 4.69) is 5.16 Å². The monoisotopic (exact) mass is 464 g/mol. The first kappa shape index (κ1) is 22.2. The second-order valence-electron chi connectivity index (χ2n) is 8.77. The van der Waals surface area contributed by atoms with Crippen LogP contribution in [0.5, 0.6) is 0 Å². The molecule has 0 spiro atoms. The lowest BCUT2D eigenvalue weighted by Crippen LogP contribution is -2.42. The molecule has 174 valence electrons. The number of hydrogen-bond donors (Lipinski definition) is 0. The maximum atomic E-state index is 14.2. The van der Waals surface area contributed by atoms with E-state index < -0.39 is 18.2 Å². The Morgan fingerprint density at radius 2 is 1.79 bits per heavy atom. The normalized spacial score (nSPS) is 19.9. The lowest BCUT2D eigenvalue weighted by atomic mass is 9.86. The average molecular weight is 464 g/mol. The molecule has 0 aliphatic carbocycles. The molecule has 2 aliphatic rings. The minimum atomic E-state index is -4.65. The van der Waals surface area contributed by atoms with Crippen LogP contribution in [0.15, 0.2) is 78.0 Å². The van der Waals surface area contributed by atoms with Crippen molar-refractivity contribution >= 4 is 17.3 Å². The Morgan fingerprint density at radius 3 is 2.53 bits per heavy atom. The van der Waals surface area contributed by atoms with Gasteiger partial charge in [0.05, 0.1) is 5.71 Å². The summed E-state index contributed by atoms with van der Waals surface area (Å²) in [6, 6.07) is 20.6. The SMILES string of the molecule is Cc1cccc(C2(C(F)(F)F)CC(c3ccc(C(=O)N4CCCc5ccccc54)cc3)=NO2)c1. The van der Waals surface area contributed by atoms with Crippen molar-refractivity contribution in [3.8, 4) is 0 Å². The number of alkyl halides is 3. The molecule has 1 unspecified atom stereocenters. The molecule has 2 heterocycles. The second kappa shape index (κ2) is 8.31. The van der Waals surface area contributed by atoms with Crippen molar-refractivity contribution < 1.29 is 22.8 Å². The summed E-state index contributed by atoms with van der Waals surface area (Å²) in [7, 11) is 0. The molecule has 0 fully saturated rings. The number of carbonyl (C=O) groups is 1. The van der Waals surface area contributed by atoms with E-state index in [1.165, 1.54) is 12.1 Å². The van der Waals surface area contributed by atoms with Crippen LogP contribution in [0.2, 0.25) is 0 Å². The van der Waals surface area contributed by atoms with E-state index >= 15 is 0 Å². The minimum Gasteiger partial charge on any atom is -0.374 e. The van der Waals surface area contributed by atoms with Gasteiger partial charge in [0.25, 0.3) is 11.5 Å². The summed E-state index contributed by atoms with van der Waals surface area (Å²) in [5.41, 5.74) is 1.41. The Labute approximate surface area is 195 Å². The van der Waals surface area contributed by atoms with Crippen molar-refractivity contribution in [2.45, 2.75) is 38.0 Å². The zero-order valence-electron chi connectivity index (χ0n) is 18.6. The third-order valence-electron chi connectivity index (χ3n) is 6.49. The van der Waals surface area contributed by atoms with Gasteiger partial charge in [-0.3, -0.25) is 4.79 Å². The fourth-order valence-electron chi connectivity index (χ4n) is 4.66. The zero-order chi connectivity index (χ0) is 23.9. The number of amides is 1. The Hall–Kier alpha value is -3.61. The number of para-hydroxylation sites is 1. The summed E-state index contributed by atoms with van der Waals surface area (Å²) in [5, 5.41) is 3.83. The number of hydrogen-bond acceptors (Lipinski definition) is 3. The van der Waals surface area contributed by atoms with Gasteiger partial charge in [-0.15, -0.1) is 0 Å². The van der Waals surface area contributed by atoms with Crippen molar-refractivity contribution in [3.63, 3.8) is 0 Å². The van der Waals surface area contributed by atoms with Crippen LogP contribution in [0.3, 0.4) is 0 Å². The Balaban J connectivity index is 1.39. The molecule has 0 radical (unpaired) electrons. The van der Waals surface area contributed by atoms with Crippen LogP contribution in [0.1, 0.15) is 45.5 Å². The van der Waals surface area contributed by atoms with Crippen LogP contribution in [0.4, 0.5) is 18.9 Å². The van der Waals surface area contributed by atoms with E-state index in [4.69, 9.17) is 4.84 Å². The van der Waals surface area contributed by atoms with Crippen molar-refractivity contribution in [1.82, 2.24) is 0 Å². The van der Waals surface area contributed by atoms with E-state index in [0.29, 0.717) is 23.2 Å². The standard InChI is InChI=1S/C27H23F3N2O2/c1-18-6-4-9-22(16-18)26(27(28,29)30)17-23(31-34-26)19-11-13-21(14-12-19)25(33)32-15-5-8-20-7-2-3-10-24(20)32/h2-4,6-7,9-14,16H,5,8,15,17H2,1H3. The maximum Gasteiger partial charge on any atom is 0.435 e. The first-order valence-electron chi connectivity index (χ1n) is 11.2. The number of oxime groups is 1. The van der Waals surface area contributed by atoms with E-state index in [1.54, 1.807) is 48.2 Å². The third kappa shape index (κ3) is 3.75. The van der Waals surface area contributed by atoms with Gasteiger partial charge in [0.1, 0.15) is 0 Å². The molecule has 3 aromatic carbocycles. The summed E-state index contributed by atoms with van der Waals surface area (Å²) in [4.78, 5) is 20.0. The second-order valence-corrected chi connectivity index (χ2v) is 8.77. The fourth-order valence-corrected chi connectivity index (χ4v) is 4.66. The van der Waals surface area contributed by atoms with E-state index in [-0.39, 0.29) is 17.2 Å². The molecule has 0 saturated heterocycles. The molecule has 0 saturated carbocycles. The summed E-state index contributed by atoms with van der Waals surface area (Å²) in [6.07, 6.45) is -3.27. The Bertz CT molecular complexity index is 1270. The van der Waals surface area contributed by atoms with Crippen LogP contribution in [-0.4, -0.2) is 24.3 Å². The van der Waals surface area contributed by atoms with Gasteiger partial charge >= 0.3 is 6.18 Å². The van der Waals surface area contributed by atoms with Crippen molar-refractivity contribution in [3.05, 3.63) is 101 Å². The number of benzene rings is 3. The molecular formula is C27H23F3N2O2. The molecular weight excluding hydrogens is 441 g/mol. The predicted molar refractivity (Wildman–Crippen MR) is 124 cm³/mol. The van der Waals surface area contributed by atoms with Gasteiger partial charge in [-0.1, -0.05) is 65.3 Å². The number of aryl methyl sites for hydroxylation is 2. The number of rotatable bonds is 3. The highest BCUT2D eigenvalue weighted by molar-refractivity contribution is 6.08. The molecule has 0 bridgehead atoms. The Morgan fingerprint density at radius 1 is 1.03 bits per heavy atom. The van der Waals surface area contributed by atoms with Crippen LogP contribution in [0.25, 0.3) is 0 Å². The van der Waals surface area contributed by atoms with E-state index in [9.17, 15) is 18.0 Å². The number of nitrogens with zero attached hydrogens (tertiary/aromatic N) is 2. The van der Waals surface area contributed by atoms with Crippen LogP contribution in [-0.2, 0) is 16.9 Å². The summed E-state index contributed by atoms with van der Waals surface area (Å²) in [5.74, 6) is -0.132. The quantitative estimate of drug-likeness (QED) is 0.465. The van der Waals surface area contributed by atoms with Gasteiger partial charge in [-0.25, -0.2) is 0 Å². The first-order valence-corrected chi connectivity index (χ1v) is 11.2. The highest BCUT2D eigenvalue weighted by atomic mass is 19.4. The highest BCUT2D eigenvalue weighted by Crippen LogP contribution is 2.48. The van der Waals surface area contributed by atoms with E-state index in [0.717, 1.165) is 24.1 Å². The first-order chi connectivity index (χ1) is 16.3. The summed E-state index contributed by atoms with van der Waals surface area (Å²) in [6.45, 7) is 2.36. The zero-order valence-corrected chi connectivity index (χ0v) is 18.6. The van der Waals surface area contributed by atoms with Gasteiger partial charge in [0, 0.05) is 29.8 Å². The third-order valence-corrected chi connectivity index (χ3v) is 6.49. The van der Waals surface area contributed by atoms with Gasteiger partial charge in [0.15, 0.2) is 0 Å². The number of carbonyl (C=O) groups excluding carboxylic acids is 1. The van der Waals surface area contributed by atoms with Gasteiger partial charge in [0.2, 0.25) is 0 Å². The lowest BCUT2D eigenvalue weighted by molar-refractivity contribution is -0.275. The molecule has 34 heavy (non-hydrogen) atoms. The van der Waals surface area contributed by atoms with Crippen LogP contribution < -0.4 is 4.90 Å². The molecule has 1 amide bonds. The lowest BCUT2D eigenvalue weighted by Gasteiger charge is -2.30. The van der Waals surface area contributed by atoms with E-state index in [1.807, 2.05) is 24.3 Å². The molecule has 4 nitrogen and oxygen atoms in total. The number of anilines is 1. The minimum absolute atomic E-state index is 0.0225. The molecule has 1 atom stereocenters. The predicted octanol–water partition coefficient (Wildman–Crippen LogP) is 6.17. The number of fused-ring (bicyclic) bond motifs is 1. The molecule has 0 N–H and O–H groups in total. The number of halogens is 3.